The Labute approximate surface area is 64.6 Å². The highest BCUT2D eigenvalue weighted by atomic mass is 16.4. The molecule has 0 aliphatic carbocycles. The lowest BCUT2D eigenvalue weighted by Gasteiger charge is -2.10. The molecule has 63 valence electrons. The highest BCUT2D eigenvalue weighted by molar-refractivity contribution is 5.86. The second-order valence-corrected chi connectivity index (χ2v) is 2.18. The monoisotopic (exact) mass is 159 g/mol. The molecule has 0 aromatic carbocycles. The molecule has 11 heavy (non-hydrogen) atoms. The van der Waals surface area contributed by atoms with Crippen LogP contribution in [0.5, 0.6) is 0 Å². The Morgan fingerprint density at radius 2 is 2.09 bits per heavy atom. The van der Waals surface area contributed by atoms with Gasteiger partial charge in [-0.1, -0.05) is 0 Å². The van der Waals surface area contributed by atoms with Crippen LogP contribution in [0.4, 0.5) is 0 Å². The van der Waals surface area contributed by atoms with E-state index in [1.807, 2.05) is 0 Å². The number of nitrogens with two attached hydrogens (primary N) is 1. The molecule has 5 heteroatoms. The lowest BCUT2D eigenvalue weighted by Crippen LogP contribution is -2.45. The van der Waals surface area contributed by atoms with Crippen LogP contribution in [0.15, 0.2) is 0 Å². The van der Waals surface area contributed by atoms with E-state index >= 15 is 0 Å². The summed E-state index contributed by atoms with van der Waals surface area (Å²) in [5.74, 6) is -1.67. The van der Waals surface area contributed by atoms with E-state index in [2.05, 4.69) is 12.2 Å². The largest absolute Gasteiger partial charge is 0.480 e. The second-order valence-electron chi connectivity index (χ2n) is 2.18. The van der Waals surface area contributed by atoms with Gasteiger partial charge in [-0.3, -0.25) is 9.59 Å². The Bertz CT molecular complexity index is 167. The summed E-state index contributed by atoms with van der Waals surface area (Å²) in [5.41, 5.74) is 5.07. The van der Waals surface area contributed by atoms with Gasteiger partial charge in [0.2, 0.25) is 5.91 Å². The lowest BCUT2D eigenvalue weighted by molar-refractivity contribution is -0.141. The van der Waals surface area contributed by atoms with Gasteiger partial charge in [0.1, 0.15) is 6.04 Å². The quantitative estimate of drug-likeness (QED) is 0.479. The molecule has 0 aliphatic rings. The van der Waals surface area contributed by atoms with Crippen molar-refractivity contribution >= 4 is 11.9 Å². The minimum Gasteiger partial charge on any atom is -0.480 e. The summed E-state index contributed by atoms with van der Waals surface area (Å²) in [6, 6.07) is -1.84. The number of carboxylic acid groups (broad SMARTS) is 1. The molecule has 4 N–H and O–H groups in total. The number of amides is 1. The van der Waals surface area contributed by atoms with Crippen molar-refractivity contribution in [2.45, 2.75) is 19.0 Å². The van der Waals surface area contributed by atoms with Crippen molar-refractivity contribution in [3.05, 3.63) is 6.92 Å². The average Bonchev–Trinajstić information content (AvgIpc) is 1.87. The van der Waals surface area contributed by atoms with Gasteiger partial charge < -0.3 is 16.2 Å². The van der Waals surface area contributed by atoms with E-state index in [1.165, 1.54) is 6.92 Å². The van der Waals surface area contributed by atoms with Crippen LogP contribution < -0.4 is 11.1 Å². The Hall–Kier alpha value is -1.10. The van der Waals surface area contributed by atoms with E-state index in [0.717, 1.165) is 0 Å². The average molecular weight is 159 g/mol. The van der Waals surface area contributed by atoms with E-state index in [1.54, 1.807) is 0 Å². The predicted octanol–water partition coefficient (Wildman–Crippen LogP) is -1.26. The first-order valence-electron chi connectivity index (χ1n) is 3.07. The van der Waals surface area contributed by atoms with Crippen LogP contribution in [-0.2, 0) is 9.59 Å². The third kappa shape index (κ3) is 3.57. The van der Waals surface area contributed by atoms with Gasteiger partial charge in [-0.05, 0) is 13.8 Å². The standard InChI is InChI=1S/C6H11N2O3/c1-3(7)5(9)8-4(2)6(10)11/h3-4H,1,7H2,2H3,(H,8,9)(H,10,11)/t3-,4-/m0/s1. The Morgan fingerprint density at radius 3 is 2.36 bits per heavy atom. The zero-order chi connectivity index (χ0) is 9.02. The van der Waals surface area contributed by atoms with Crippen LogP contribution in [-0.4, -0.2) is 29.1 Å². The Morgan fingerprint density at radius 1 is 1.64 bits per heavy atom. The molecule has 2 atom stereocenters. The summed E-state index contributed by atoms with van der Waals surface area (Å²) in [7, 11) is 0. The van der Waals surface area contributed by atoms with Gasteiger partial charge >= 0.3 is 5.97 Å². The number of carbonyl (C=O) groups excluding carboxylic acids is 1. The normalized spacial score (nSPS) is 15.2. The molecule has 5 nitrogen and oxygen atoms in total. The lowest BCUT2D eigenvalue weighted by atomic mass is 10.3. The number of carboxylic acids is 1. The molecule has 0 rings (SSSR count). The van der Waals surface area contributed by atoms with Crippen molar-refractivity contribution in [2.75, 3.05) is 0 Å². The van der Waals surface area contributed by atoms with Crippen molar-refractivity contribution in [2.24, 2.45) is 5.73 Å². The molecule has 0 saturated carbocycles. The molecule has 0 aliphatic heterocycles. The number of rotatable bonds is 3. The molecule has 0 heterocycles. The van der Waals surface area contributed by atoms with Gasteiger partial charge in [-0.15, -0.1) is 0 Å². The Balaban J connectivity index is 3.85. The zero-order valence-corrected chi connectivity index (χ0v) is 6.20. The first-order valence-corrected chi connectivity index (χ1v) is 3.07. The first-order chi connectivity index (χ1) is 4.95. The van der Waals surface area contributed by atoms with Crippen molar-refractivity contribution in [3.8, 4) is 0 Å². The SMILES string of the molecule is [CH2][C@H](N)C(=O)N[C@@H](C)C(=O)O. The van der Waals surface area contributed by atoms with Gasteiger partial charge in [0.05, 0.1) is 6.04 Å². The summed E-state index contributed by atoms with van der Waals surface area (Å²) in [6.45, 7) is 4.57. The molecule has 0 saturated heterocycles. The minimum absolute atomic E-state index is 0.570. The van der Waals surface area contributed by atoms with E-state index < -0.39 is 24.0 Å². The maximum atomic E-state index is 10.7. The predicted molar refractivity (Wildman–Crippen MR) is 38.6 cm³/mol. The van der Waals surface area contributed by atoms with E-state index in [4.69, 9.17) is 10.8 Å². The second kappa shape index (κ2) is 3.92. The minimum atomic E-state index is -1.10. The number of aliphatic carboxylic acids is 1. The van der Waals surface area contributed by atoms with Crippen LogP contribution in [0.1, 0.15) is 6.92 Å². The van der Waals surface area contributed by atoms with Crippen molar-refractivity contribution in [3.63, 3.8) is 0 Å². The van der Waals surface area contributed by atoms with Crippen LogP contribution >= 0.6 is 0 Å². The maximum absolute atomic E-state index is 10.7. The highest BCUT2D eigenvalue weighted by Crippen LogP contribution is 1.82. The number of hydrogen-bond donors (Lipinski definition) is 3. The molecular formula is C6H11N2O3. The first kappa shape index (κ1) is 9.90. The summed E-state index contributed by atoms with van der Waals surface area (Å²) in [6.07, 6.45) is 0. The summed E-state index contributed by atoms with van der Waals surface area (Å²) in [4.78, 5) is 20.9. The van der Waals surface area contributed by atoms with Gasteiger partial charge in [-0.2, -0.15) is 0 Å². The molecule has 0 spiro atoms. The fraction of sp³-hybridized carbons (Fsp3) is 0.500. The zero-order valence-electron chi connectivity index (χ0n) is 6.20. The van der Waals surface area contributed by atoms with Crippen LogP contribution in [0, 0.1) is 6.92 Å². The summed E-state index contributed by atoms with van der Waals surface area (Å²) >= 11 is 0. The van der Waals surface area contributed by atoms with Crippen molar-refractivity contribution < 1.29 is 14.7 Å². The van der Waals surface area contributed by atoms with Crippen molar-refractivity contribution in [1.29, 1.82) is 0 Å². The van der Waals surface area contributed by atoms with Crippen LogP contribution in [0.3, 0.4) is 0 Å². The molecule has 1 amide bonds. The molecule has 0 aromatic heterocycles. The third-order valence-electron chi connectivity index (χ3n) is 1.07. The smallest absolute Gasteiger partial charge is 0.325 e. The maximum Gasteiger partial charge on any atom is 0.325 e. The van der Waals surface area contributed by atoms with Gasteiger partial charge in [-0.25, -0.2) is 0 Å². The molecule has 1 radical (unpaired) electrons. The summed E-state index contributed by atoms with van der Waals surface area (Å²) in [5, 5.41) is 10.5. The van der Waals surface area contributed by atoms with E-state index in [0.29, 0.717) is 0 Å². The fourth-order valence-electron chi connectivity index (χ4n) is 0.382. The fourth-order valence-corrected chi connectivity index (χ4v) is 0.382. The molecule has 0 fully saturated rings. The van der Waals surface area contributed by atoms with Crippen LogP contribution in [0.25, 0.3) is 0 Å². The van der Waals surface area contributed by atoms with Gasteiger partial charge in [0.25, 0.3) is 0 Å². The number of carbonyl (C=O) groups is 2. The van der Waals surface area contributed by atoms with Gasteiger partial charge in [0.15, 0.2) is 0 Å². The highest BCUT2D eigenvalue weighted by Gasteiger charge is 2.15. The number of nitrogens with one attached hydrogen (secondary N) is 1. The van der Waals surface area contributed by atoms with Crippen LogP contribution in [0.2, 0.25) is 0 Å². The van der Waals surface area contributed by atoms with Crippen molar-refractivity contribution in [1.82, 2.24) is 5.32 Å². The van der Waals surface area contributed by atoms with Gasteiger partial charge in [0, 0.05) is 0 Å². The number of hydrogen-bond acceptors (Lipinski definition) is 3. The van der Waals surface area contributed by atoms with E-state index in [9.17, 15) is 9.59 Å². The molecule has 0 aromatic rings. The van der Waals surface area contributed by atoms with E-state index in [-0.39, 0.29) is 0 Å². The topological polar surface area (TPSA) is 92.4 Å². The molecule has 0 unspecified atom stereocenters. The molecule has 0 bridgehead atoms. The molecular weight excluding hydrogens is 148 g/mol. The Kier molecular flexibility index (Phi) is 3.53. The summed E-state index contributed by atoms with van der Waals surface area (Å²) < 4.78 is 0. The third-order valence-corrected chi connectivity index (χ3v) is 1.07.